The zero-order chi connectivity index (χ0) is 16.2. The van der Waals surface area contributed by atoms with Crippen molar-refractivity contribution in [3.8, 4) is 5.82 Å². The molecule has 0 unspecified atom stereocenters. The van der Waals surface area contributed by atoms with Crippen LogP contribution in [0.15, 0.2) is 24.8 Å². The fraction of sp³-hybridized carbons (Fsp3) is 0.429. The number of nitrogen functional groups attached to an aromatic ring is 1. The number of aromatic nitrogens is 4. The quantitative estimate of drug-likeness (QED) is 0.710. The Morgan fingerprint density at radius 2 is 2.14 bits per heavy atom. The molecule has 0 radical (unpaired) electrons. The molecule has 2 heterocycles. The highest BCUT2D eigenvalue weighted by molar-refractivity contribution is 5.76. The average Bonchev–Trinajstić information content (AvgIpc) is 3.04. The third kappa shape index (κ3) is 2.85. The summed E-state index contributed by atoms with van der Waals surface area (Å²) in [5, 5.41) is 16.6. The summed E-state index contributed by atoms with van der Waals surface area (Å²) in [5.74, 6) is 0.0365. The van der Waals surface area contributed by atoms with Crippen molar-refractivity contribution < 1.29 is 9.90 Å². The van der Waals surface area contributed by atoms with Gasteiger partial charge >= 0.3 is 5.97 Å². The molecule has 8 nitrogen and oxygen atoms in total. The van der Waals surface area contributed by atoms with E-state index in [9.17, 15) is 9.90 Å². The lowest BCUT2D eigenvalue weighted by molar-refractivity contribution is -0.148. The molecular weight excluding hydrogens is 284 g/mol. The first-order valence-electron chi connectivity index (χ1n) is 7.12. The molecule has 0 bridgehead atoms. The second-order valence-corrected chi connectivity index (χ2v) is 5.06. The standard InChI is InChI=1S/C14H20N6O2/c1-3-14(4-2,13(21)22)8-16-11-10(15)12(18-9-17-11)20-7-5-6-19-20/h5-7,9H,3-4,8,15H2,1-2H3,(H,21,22)(H,16,17,18). The number of nitrogens with zero attached hydrogens (tertiary/aromatic N) is 4. The first kappa shape index (κ1) is 15.7. The van der Waals surface area contributed by atoms with Crippen LogP contribution in [-0.2, 0) is 4.79 Å². The van der Waals surface area contributed by atoms with Crippen molar-refractivity contribution in [2.24, 2.45) is 5.41 Å². The zero-order valence-electron chi connectivity index (χ0n) is 12.7. The van der Waals surface area contributed by atoms with Crippen LogP contribution in [0.1, 0.15) is 26.7 Å². The van der Waals surface area contributed by atoms with Crippen LogP contribution < -0.4 is 11.1 Å². The molecule has 2 aromatic heterocycles. The summed E-state index contributed by atoms with van der Waals surface area (Å²) in [5.41, 5.74) is 5.55. The van der Waals surface area contributed by atoms with Gasteiger partial charge in [-0.25, -0.2) is 14.6 Å². The van der Waals surface area contributed by atoms with Crippen LogP contribution in [0.2, 0.25) is 0 Å². The molecule has 8 heteroatoms. The van der Waals surface area contributed by atoms with Gasteiger partial charge < -0.3 is 16.2 Å². The molecule has 0 atom stereocenters. The van der Waals surface area contributed by atoms with Crippen LogP contribution in [0.25, 0.3) is 5.82 Å². The lowest BCUT2D eigenvalue weighted by atomic mass is 9.82. The number of carboxylic acids is 1. The number of aliphatic carboxylic acids is 1. The Balaban J connectivity index is 2.24. The third-order valence-electron chi connectivity index (χ3n) is 3.99. The van der Waals surface area contributed by atoms with E-state index in [0.717, 1.165) is 0 Å². The minimum Gasteiger partial charge on any atom is -0.481 e. The van der Waals surface area contributed by atoms with E-state index in [2.05, 4.69) is 20.4 Å². The predicted molar refractivity (Wildman–Crippen MR) is 82.7 cm³/mol. The van der Waals surface area contributed by atoms with Gasteiger partial charge in [-0.3, -0.25) is 4.79 Å². The summed E-state index contributed by atoms with van der Waals surface area (Å²) in [6.07, 6.45) is 5.75. The SMILES string of the molecule is CCC(CC)(CNc1ncnc(-n2cccn2)c1N)C(=O)O. The van der Waals surface area contributed by atoms with Crippen molar-refractivity contribution in [2.45, 2.75) is 26.7 Å². The largest absolute Gasteiger partial charge is 0.481 e. The van der Waals surface area contributed by atoms with Gasteiger partial charge in [-0.2, -0.15) is 5.10 Å². The normalized spacial score (nSPS) is 11.4. The van der Waals surface area contributed by atoms with Gasteiger partial charge in [-0.05, 0) is 18.9 Å². The maximum atomic E-state index is 11.5. The molecule has 2 aromatic rings. The Hall–Kier alpha value is -2.64. The first-order valence-corrected chi connectivity index (χ1v) is 7.12. The maximum absolute atomic E-state index is 11.5. The molecule has 22 heavy (non-hydrogen) atoms. The second kappa shape index (κ2) is 6.42. The minimum atomic E-state index is -0.844. The fourth-order valence-corrected chi connectivity index (χ4v) is 2.23. The Morgan fingerprint density at radius 1 is 1.41 bits per heavy atom. The Bertz CT molecular complexity index is 637. The van der Waals surface area contributed by atoms with Crippen molar-refractivity contribution in [3.05, 3.63) is 24.8 Å². The van der Waals surface area contributed by atoms with Gasteiger partial charge in [0, 0.05) is 18.9 Å². The molecule has 0 aromatic carbocycles. The van der Waals surface area contributed by atoms with E-state index < -0.39 is 11.4 Å². The smallest absolute Gasteiger partial charge is 0.311 e. The van der Waals surface area contributed by atoms with E-state index in [4.69, 9.17) is 5.73 Å². The van der Waals surface area contributed by atoms with Gasteiger partial charge in [-0.1, -0.05) is 13.8 Å². The minimum absolute atomic E-state index is 0.245. The molecular formula is C14H20N6O2. The number of hydrogen-bond acceptors (Lipinski definition) is 6. The van der Waals surface area contributed by atoms with Crippen molar-refractivity contribution in [1.82, 2.24) is 19.7 Å². The number of hydrogen-bond donors (Lipinski definition) is 3. The number of nitrogens with two attached hydrogens (primary N) is 1. The van der Waals surface area contributed by atoms with Gasteiger partial charge in [0.05, 0.1) is 5.41 Å². The summed E-state index contributed by atoms with van der Waals surface area (Å²) in [6.45, 7) is 3.96. The second-order valence-electron chi connectivity index (χ2n) is 5.06. The summed E-state index contributed by atoms with van der Waals surface area (Å²) in [6, 6.07) is 1.76. The monoisotopic (exact) mass is 304 g/mol. The molecule has 2 rings (SSSR count). The highest BCUT2D eigenvalue weighted by Crippen LogP contribution is 2.28. The summed E-state index contributed by atoms with van der Waals surface area (Å²) in [7, 11) is 0. The fourth-order valence-electron chi connectivity index (χ4n) is 2.23. The Kier molecular flexibility index (Phi) is 4.59. The van der Waals surface area contributed by atoms with Crippen LogP contribution >= 0.6 is 0 Å². The van der Waals surface area contributed by atoms with Crippen molar-refractivity contribution in [2.75, 3.05) is 17.6 Å². The topological polar surface area (TPSA) is 119 Å². The van der Waals surface area contributed by atoms with Crippen LogP contribution in [0, 0.1) is 5.41 Å². The molecule has 0 aliphatic carbocycles. The summed E-state index contributed by atoms with van der Waals surface area (Å²) < 4.78 is 1.53. The van der Waals surface area contributed by atoms with E-state index in [1.54, 1.807) is 18.5 Å². The number of carbonyl (C=O) groups is 1. The Morgan fingerprint density at radius 3 is 2.68 bits per heavy atom. The van der Waals surface area contributed by atoms with E-state index >= 15 is 0 Å². The van der Waals surface area contributed by atoms with Crippen molar-refractivity contribution >= 4 is 17.5 Å². The molecule has 0 spiro atoms. The number of nitrogens with one attached hydrogen (secondary N) is 1. The van der Waals surface area contributed by atoms with Gasteiger partial charge in [0.25, 0.3) is 0 Å². The zero-order valence-corrected chi connectivity index (χ0v) is 12.7. The Labute approximate surface area is 128 Å². The molecule has 0 aliphatic heterocycles. The number of anilines is 2. The van der Waals surface area contributed by atoms with E-state index in [-0.39, 0.29) is 6.54 Å². The number of rotatable bonds is 7. The van der Waals surface area contributed by atoms with Gasteiger partial charge in [-0.15, -0.1) is 0 Å². The molecule has 0 fully saturated rings. The molecule has 0 saturated carbocycles. The summed E-state index contributed by atoms with van der Waals surface area (Å²) in [4.78, 5) is 19.7. The first-order chi connectivity index (χ1) is 10.5. The average molecular weight is 304 g/mol. The van der Waals surface area contributed by atoms with Gasteiger partial charge in [0.15, 0.2) is 11.6 Å². The molecule has 4 N–H and O–H groups in total. The predicted octanol–water partition coefficient (Wildman–Crippen LogP) is 1.55. The van der Waals surface area contributed by atoms with E-state index in [0.29, 0.717) is 30.2 Å². The highest BCUT2D eigenvalue weighted by Gasteiger charge is 2.34. The molecule has 118 valence electrons. The van der Waals surface area contributed by atoms with Crippen molar-refractivity contribution in [3.63, 3.8) is 0 Å². The molecule has 0 saturated heterocycles. The van der Waals surface area contributed by atoms with Crippen LogP contribution in [0.5, 0.6) is 0 Å². The lowest BCUT2D eigenvalue weighted by Crippen LogP contribution is -2.37. The van der Waals surface area contributed by atoms with E-state index in [1.807, 2.05) is 13.8 Å². The van der Waals surface area contributed by atoms with Crippen LogP contribution in [0.3, 0.4) is 0 Å². The van der Waals surface area contributed by atoms with Crippen LogP contribution in [0.4, 0.5) is 11.5 Å². The van der Waals surface area contributed by atoms with E-state index in [1.165, 1.54) is 11.0 Å². The van der Waals surface area contributed by atoms with Crippen molar-refractivity contribution in [1.29, 1.82) is 0 Å². The lowest BCUT2D eigenvalue weighted by Gasteiger charge is -2.27. The van der Waals surface area contributed by atoms with Gasteiger partial charge in [0.2, 0.25) is 0 Å². The highest BCUT2D eigenvalue weighted by atomic mass is 16.4. The maximum Gasteiger partial charge on any atom is 0.311 e. The molecule has 0 aliphatic rings. The summed E-state index contributed by atoms with van der Waals surface area (Å²) >= 11 is 0. The third-order valence-corrected chi connectivity index (χ3v) is 3.99. The number of carboxylic acid groups (broad SMARTS) is 1. The van der Waals surface area contributed by atoms with Crippen LogP contribution in [-0.4, -0.2) is 37.4 Å². The molecule has 0 amide bonds. The van der Waals surface area contributed by atoms with Gasteiger partial charge in [0.1, 0.15) is 12.0 Å².